The Morgan fingerprint density at radius 3 is 2.35 bits per heavy atom. The van der Waals surface area contributed by atoms with Gasteiger partial charge in [-0.05, 0) is 24.6 Å². The Morgan fingerprint density at radius 2 is 1.65 bits per heavy atom. The first-order valence-corrected chi connectivity index (χ1v) is 7.57. The minimum absolute atomic E-state index is 0.274. The zero-order valence-electron chi connectivity index (χ0n) is 12.6. The summed E-state index contributed by atoms with van der Waals surface area (Å²) in [4.78, 5) is 30.1. The minimum atomic E-state index is -0.769. The Labute approximate surface area is 133 Å². The molecule has 2 aliphatic rings. The molecule has 2 saturated heterocycles. The molecule has 0 bridgehead atoms. The van der Waals surface area contributed by atoms with Gasteiger partial charge >= 0.3 is 0 Å². The van der Waals surface area contributed by atoms with Gasteiger partial charge in [0, 0.05) is 0 Å². The van der Waals surface area contributed by atoms with Gasteiger partial charge in [0.15, 0.2) is 6.10 Å². The van der Waals surface area contributed by atoms with E-state index in [1.807, 2.05) is 61.5 Å². The molecule has 0 aromatic heterocycles. The van der Waals surface area contributed by atoms with E-state index in [0.29, 0.717) is 0 Å². The van der Waals surface area contributed by atoms with Gasteiger partial charge in [0.25, 0.3) is 5.91 Å². The molecule has 0 saturated carbocycles. The Morgan fingerprint density at radius 1 is 0.957 bits per heavy atom. The molecule has 2 heterocycles. The summed E-state index contributed by atoms with van der Waals surface area (Å²) >= 11 is 0. The standard InChI is InChI=1S/C18H16N2O3/c1-11-7-9-12(10-8-11)15-14-16(18(22)19-17(14)21)23-20(15)13-5-3-2-4-6-13/h2-10,14-16H,1H3,(H,19,21,22)/t14-,15-,16-/m1/s1. The highest BCUT2D eigenvalue weighted by Gasteiger charge is 2.56. The van der Waals surface area contributed by atoms with E-state index < -0.39 is 12.0 Å². The summed E-state index contributed by atoms with van der Waals surface area (Å²) in [5.74, 6) is -1.18. The zero-order chi connectivity index (χ0) is 16.0. The fourth-order valence-corrected chi connectivity index (χ4v) is 3.24. The number of aryl methyl sites for hydroxylation is 1. The van der Waals surface area contributed by atoms with Crippen molar-refractivity contribution in [2.75, 3.05) is 5.06 Å². The van der Waals surface area contributed by atoms with Gasteiger partial charge in [0.2, 0.25) is 5.91 Å². The fraction of sp³-hybridized carbons (Fsp3) is 0.222. The second-order valence-electron chi connectivity index (χ2n) is 5.92. The summed E-state index contributed by atoms with van der Waals surface area (Å²) in [6.07, 6.45) is -0.769. The number of fused-ring (bicyclic) bond motifs is 1. The molecule has 116 valence electrons. The van der Waals surface area contributed by atoms with E-state index in [9.17, 15) is 9.59 Å². The Bertz CT molecular complexity index is 758. The average molecular weight is 308 g/mol. The smallest absolute Gasteiger partial charge is 0.259 e. The van der Waals surface area contributed by atoms with E-state index in [0.717, 1.165) is 16.8 Å². The van der Waals surface area contributed by atoms with Crippen molar-refractivity contribution in [2.24, 2.45) is 5.92 Å². The highest BCUT2D eigenvalue weighted by atomic mass is 16.7. The molecule has 0 radical (unpaired) electrons. The van der Waals surface area contributed by atoms with E-state index >= 15 is 0 Å². The summed E-state index contributed by atoms with van der Waals surface area (Å²) in [5.41, 5.74) is 2.92. The largest absolute Gasteiger partial charge is 0.294 e. The maximum absolute atomic E-state index is 12.3. The Balaban J connectivity index is 1.80. The van der Waals surface area contributed by atoms with Gasteiger partial charge in [-0.1, -0.05) is 48.0 Å². The molecule has 0 spiro atoms. The van der Waals surface area contributed by atoms with Gasteiger partial charge in [-0.15, -0.1) is 0 Å². The summed E-state index contributed by atoms with van der Waals surface area (Å²) in [6.45, 7) is 2.01. The van der Waals surface area contributed by atoms with Crippen LogP contribution in [0.25, 0.3) is 0 Å². The van der Waals surface area contributed by atoms with Gasteiger partial charge in [-0.25, -0.2) is 5.06 Å². The van der Waals surface area contributed by atoms with Gasteiger partial charge in [0.1, 0.15) is 5.92 Å². The highest BCUT2D eigenvalue weighted by Crippen LogP contribution is 2.44. The number of hydrogen-bond acceptors (Lipinski definition) is 4. The average Bonchev–Trinajstić information content (AvgIpc) is 3.08. The number of carbonyl (C=O) groups is 2. The summed E-state index contributed by atoms with van der Waals surface area (Å²) in [6, 6.07) is 17.2. The summed E-state index contributed by atoms with van der Waals surface area (Å²) in [7, 11) is 0. The van der Waals surface area contributed by atoms with Crippen molar-refractivity contribution >= 4 is 17.5 Å². The second-order valence-corrected chi connectivity index (χ2v) is 5.92. The molecular weight excluding hydrogens is 292 g/mol. The van der Waals surface area contributed by atoms with Crippen LogP contribution in [0.1, 0.15) is 17.2 Å². The van der Waals surface area contributed by atoms with Crippen LogP contribution in [0.2, 0.25) is 0 Å². The number of nitrogens with zero attached hydrogens (tertiary/aromatic N) is 1. The molecule has 3 atom stereocenters. The predicted molar refractivity (Wildman–Crippen MR) is 84.4 cm³/mol. The number of hydrogen-bond donors (Lipinski definition) is 1. The summed E-state index contributed by atoms with van der Waals surface area (Å²) < 4.78 is 0. The molecule has 2 aromatic carbocycles. The lowest BCUT2D eigenvalue weighted by atomic mass is 9.90. The molecule has 2 amide bonds. The number of benzene rings is 2. The van der Waals surface area contributed by atoms with Crippen LogP contribution in [0.4, 0.5) is 5.69 Å². The molecule has 0 aliphatic carbocycles. The number of amides is 2. The van der Waals surface area contributed by atoms with Crippen LogP contribution in [-0.4, -0.2) is 17.9 Å². The van der Waals surface area contributed by atoms with Crippen LogP contribution in [-0.2, 0) is 14.4 Å². The second kappa shape index (κ2) is 5.21. The monoisotopic (exact) mass is 308 g/mol. The van der Waals surface area contributed by atoms with Crippen molar-refractivity contribution in [1.29, 1.82) is 0 Å². The topological polar surface area (TPSA) is 58.6 Å². The predicted octanol–water partition coefficient (Wildman–Crippen LogP) is 2.13. The number of anilines is 1. The Kier molecular flexibility index (Phi) is 3.16. The van der Waals surface area contributed by atoms with Crippen molar-refractivity contribution in [1.82, 2.24) is 5.32 Å². The zero-order valence-corrected chi connectivity index (χ0v) is 12.6. The lowest BCUT2D eigenvalue weighted by molar-refractivity contribution is -0.129. The lowest BCUT2D eigenvalue weighted by Gasteiger charge is -2.27. The first kappa shape index (κ1) is 14.0. The van der Waals surface area contributed by atoms with Gasteiger partial charge in [0.05, 0.1) is 11.7 Å². The van der Waals surface area contributed by atoms with Crippen LogP contribution < -0.4 is 10.4 Å². The molecule has 0 unspecified atom stereocenters. The van der Waals surface area contributed by atoms with Gasteiger partial charge in [-0.3, -0.25) is 19.7 Å². The number of nitrogens with one attached hydrogen (secondary N) is 1. The molecule has 5 heteroatoms. The van der Waals surface area contributed by atoms with E-state index in [1.54, 1.807) is 5.06 Å². The van der Waals surface area contributed by atoms with Crippen LogP contribution >= 0.6 is 0 Å². The van der Waals surface area contributed by atoms with E-state index in [4.69, 9.17) is 4.84 Å². The molecule has 23 heavy (non-hydrogen) atoms. The third-order valence-electron chi connectivity index (χ3n) is 4.38. The quantitative estimate of drug-likeness (QED) is 0.864. The SMILES string of the molecule is Cc1ccc([C@@H]2[C@H]3C(=O)NC(=O)[C@@H]3ON2c2ccccc2)cc1. The number of imide groups is 1. The highest BCUT2D eigenvalue weighted by molar-refractivity contribution is 6.07. The van der Waals surface area contributed by atoms with Crippen molar-refractivity contribution in [3.05, 3.63) is 65.7 Å². The first-order valence-electron chi connectivity index (χ1n) is 7.57. The maximum atomic E-state index is 12.3. The van der Waals surface area contributed by atoms with Crippen LogP contribution in [0.15, 0.2) is 54.6 Å². The molecule has 2 aliphatic heterocycles. The lowest BCUT2D eigenvalue weighted by Crippen LogP contribution is -2.33. The van der Waals surface area contributed by atoms with Crippen molar-refractivity contribution < 1.29 is 14.4 Å². The maximum Gasteiger partial charge on any atom is 0.259 e. The number of carbonyl (C=O) groups excluding carboxylic acids is 2. The first-order chi connectivity index (χ1) is 11.1. The van der Waals surface area contributed by atoms with Crippen molar-refractivity contribution in [3.8, 4) is 0 Å². The number of rotatable bonds is 2. The summed E-state index contributed by atoms with van der Waals surface area (Å²) in [5, 5.41) is 4.06. The van der Waals surface area contributed by atoms with Crippen molar-refractivity contribution in [2.45, 2.75) is 19.1 Å². The van der Waals surface area contributed by atoms with Crippen molar-refractivity contribution in [3.63, 3.8) is 0 Å². The molecule has 1 N–H and O–H groups in total. The minimum Gasteiger partial charge on any atom is -0.294 e. The van der Waals surface area contributed by atoms with Crippen LogP contribution in [0.3, 0.4) is 0 Å². The Hall–Kier alpha value is -2.66. The third-order valence-corrected chi connectivity index (χ3v) is 4.38. The third kappa shape index (κ3) is 2.21. The molecular formula is C18H16N2O3. The van der Waals surface area contributed by atoms with E-state index in [1.165, 1.54) is 0 Å². The molecule has 5 nitrogen and oxygen atoms in total. The number of para-hydroxylation sites is 1. The molecule has 2 fully saturated rings. The van der Waals surface area contributed by atoms with Crippen LogP contribution in [0.5, 0.6) is 0 Å². The fourth-order valence-electron chi connectivity index (χ4n) is 3.24. The van der Waals surface area contributed by atoms with Gasteiger partial charge < -0.3 is 0 Å². The van der Waals surface area contributed by atoms with Gasteiger partial charge in [-0.2, -0.15) is 0 Å². The van der Waals surface area contributed by atoms with E-state index in [2.05, 4.69) is 5.32 Å². The number of hydroxylamine groups is 1. The normalized spacial score (nSPS) is 26.3. The van der Waals surface area contributed by atoms with Crippen LogP contribution in [0, 0.1) is 12.8 Å². The molecule has 4 rings (SSSR count). The molecule has 2 aromatic rings. The van der Waals surface area contributed by atoms with E-state index in [-0.39, 0.29) is 17.9 Å².